The van der Waals surface area contributed by atoms with Crippen molar-refractivity contribution in [1.29, 1.82) is 0 Å². The van der Waals surface area contributed by atoms with E-state index in [4.69, 9.17) is 5.11 Å². The lowest BCUT2D eigenvalue weighted by Crippen LogP contribution is -2.35. The smallest absolute Gasteiger partial charge is 0.333 e. The summed E-state index contributed by atoms with van der Waals surface area (Å²) in [6, 6.07) is 1.85. The average Bonchev–Trinajstić information content (AvgIpc) is 2.87. The van der Waals surface area contributed by atoms with E-state index in [-0.39, 0.29) is 0 Å². The van der Waals surface area contributed by atoms with Crippen LogP contribution < -0.4 is 0 Å². The Labute approximate surface area is 87.3 Å². The van der Waals surface area contributed by atoms with Gasteiger partial charge in [0.2, 0.25) is 0 Å². The Bertz CT molecular complexity index is 407. The molecule has 1 saturated carbocycles. The number of aliphatic hydroxyl groups is 1. The number of aromatic nitrogens is 2. The zero-order chi connectivity index (χ0) is 11.2. The molecule has 1 aliphatic carbocycles. The third-order valence-corrected chi connectivity index (χ3v) is 3.06. The first-order valence-corrected chi connectivity index (χ1v) is 4.89. The normalized spacial score (nSPS) is 19.9. The van der Waals surface area contributed by atoms with E-state index in [1.54, 1.807) is 11.7 Å². The minimum absolute atomic E-state index is 0.609. The molecule has 2 N–H and O–H groups in total. The lowest BCUT2D eigenvalue weighted by Gasteiger charge is -2.18. The molecule has 1 aliphatic rings. The number of hydrogen-bond acceptors (Lipinski definition) is 3. The van der Waals surface area contributed by atoms with Crippen LogP contribution in [-0.4, -0.2) is 32.1 Å². The van der Waals surface area contributed by atoms with Crippen LogP contribution in [0.4, 0.5) is 0 Å². The molecule has 82 valence electrons. The number of rotatable bonds is 3. The highest BCUT2D eigenvalue weighted by atomic mass is 16.4. The van der Waals surface area contributed by atoms with E-state index in [0.29, 0.717) is 12.8 Å². The van der Waals surface area contributed by atoms with Gasteiger partial charge in [0.25, 0.3) is 0 Å². The van der Waals surface area contributed by atoms with Crippen molar-refractivity contribution < 1.29 is 15.0 Å². The summed E-state index contributed by atoms with van der Waals surface area (Å²) >= 11 is 0. The average molecular weight is 210 g/mol. The lowest BCUT2D eigenvalue weighted by molar-refractivity contribution is -0.148. The molecular formula is C10H14N2O3. The summed E-state index contributed by atoms with van der Waals surface area (Å²) < 4.78 is 1.66. The standard InChI is InChI=1S/C10H14N2O3/c1-6-5-7(12(2)11-6)10(3-4-10)8(13)9(14)15/h5,8,13H,3-4H2,1-2H3,(H,14,15). The molecule has 1 fully saturated rings. The van der Waals surface area contributed by atoms with Crippen molar-refractivity contribution in [2.24, 2.45) is 7.05 Å². The van der Waals surface area contributed by atoms with Crippen molar-refractivity contribution >= 4 is 5.97 Å². The second-order valence-electron chi connectivity index (χ2n) is 4.19. The van der Waals surface area contributed by atoms with Crippen LogP contribution in [0.5, 0.6) is 0 Å². The van der Waals surface area contributed by atoms with Crippen molar-refractivity contribution in [3.63, 3.8) is 0 Å². The second-order valence-corrected chi connectivity index (χ2v) is 4.19. The van der Waals surface area contributed by atoms with Gasteiger partial charge in [-0.15, -0.1) is 0 Å². The number of aliphatic carboxylic acids is 1. The Morgan fingerprint density at radius 1 is 1.67 bits per heavy atom. The van der Waals surface area contributed by atoms with Gasteiger partial charge in [-0.05, 0) is 25.8 Å². The van der Waals surface area contributed by atoms with Crippen molar-refractivity contribution in [3.05, 3.63) is 17.5 Å². The Kier molecular flexibility index (Phi) is 2.08. The van der Waals surface area contributed by atoms with Crippen LogP contribution in [0.15, 0.2) is 6.07 Å². The highest BCUT2D eigenvalue weighted by Gasteiger charge is 2.55. The van der Waals surface area contributed by atoms with Gasteiger partial charge in [-0.1, -0.05) is 0 Å². The maximum atomic E-state index is 10.8. The van der Waals surface area contributed by atoms with Crippen LogP contribution in [0.3, 0.4) is 0 Å². The number of nitrogens with zero attached hydrogens (tertiary/aromatic N) is 2. The molecule has 0 radical (unpaired) electrons. The van der Waals surface area contributed by atoms with Crippen LogP contribution in [-0.2, 0) is 17.3 Å². The van der Waals surface area contributed by atoms with Crippen molar-refractivity contribution in [3.8, 4) is 0 Å². The van der Waals surface area contributed by atoms with Crippen molar-refractivity contribution in [2.75, 3.05) is 0 Å². The Hall–Kier alpha value is -1.36. The molecule has 1 heterocycles. The number of carboxylic acid groups (broad SMARTS) is 1. The van der Waals surface area contributed by atoms with E-state index in [9.17, 15) is 9.90 Å². The summed E-state index contributed by atoms with van der Waals surface area (Å²) in [6.45, 7) is 1.85. The molecular weight excluding hydrogens is 196 g/mol. The number of hydrogen-bond donors (Lipinski definition) is 2. The van der Waals surface area contributed by atoms with Gasteiger partial charge in [0, 0.05) is 18.2 Å². The summed E-state index contributed by atoms with van der Waals surface area (Å²) in [5, 5.41) is 22.7. The van der Waals surface area contributed by atoms with E-state index in [0.717, 1.165) is 11.4 Å². The fraction of sp³-hybridized carbons (Fsp3) is 0.600. The van der Waals surface area contributed by atoms with Gasteiger partial charge in [0.15, 0.2) is 6.10 Å². The number of aliphatic hydroxyl groups excluding tert-OH is 1. The van der Waals surface area contributed by atoms with Crippen LogP contribution >= 0.6 is 0 Å². The molecule has 15 heavy (non-hydrogen) atoms. The molecule has 0 saturated heterocycles. The molecule has 1 unspecified atom stereocenters. The van der Waals surface area contributed by atoms with Crippen LogP contribution in [0.1, 0.15) is 24.2 Å². The van der Waals surface area contributed by atoms with Crippen molar-refractivity contribution in [1.82, 2.24) is 9.78 Å². The quantitative estimate of drug-likeness (QED) is 0.747. The summed E-state index contributed by atoms with van der Waals surface area (Å²) in [5.74, 6) is -1.16. The maximum Gasteiger partial charge on any atom is 0.333 e. The molecule has 1 aromatic heterocycles. The molecule has 1 aromatic rings. The molecule has 0 aliphatic heterocycles. The summed E-state index contributed by atoms with van der Waals surface area (Å²) in [5.41, 5.74) is 1.05. The first-order chi connectivity index (χ1) is 6.97. The SMILES string of the molecule is Cc1cc(C2(C(O)C(=O)O)CC2)n(C)n1. The Morgan fingerprint density at radius 3 is 2.60 bits per heavy atom. The predicted octanol–water partition coefficient (Wildman–Crippen LogP) is 0.206. The van der Waals surface area contributed by atoms with E-state index >= 15 is 0 Å². The third-order valence-electron chi connectivity index (χ3n) is 3.06. The second kappa shape index (κ2) is 3.06. The molecule has 2 rings (SSSR count). The summed E-state index contributed by atoms with van der Waals surface area (Å²) in [7, 11) is 1.77. The topological polar surface area (TPSA) is 75.3 Å². The van der Waals surface area contributed by atoms with Gasteiger partial charge in [-0.25, -0.2) is 4.79 Å². The van der Waals surface area contributed by atoms with Gasteiger partial charge < -0.3 is 10.2 Å². The largest absolute Gasteiger partial charge is 0.479 e. The molecule has 1 atom stereocenters. The highest BCUT2D eigenvalue weighted by Crippen LogP contribution is 2.51. The van der Waals surface area contributed by atoms with Crippen LogP contribution in [0.25, 0.3) is 0 Å². The van der Waals surface area contributed by atoms with Gasteiger partial charge in [0.05, 0.1) is 5.69 Å². The molecule has 5 nitrogen and oxygen atoms in total. The van der Waals surface area contributed by atoms with Crippen LogP contribution in [0.2, 0.25) is 0 Å². The number of carboxylic acids is 1. The highest BCUT2D eigenvalue weighted by molar-refractivity contribution is 5.75. The van der Waals surface area contributed by atoms with Gasteiger partial charge in [0.1, 0.15) is 0 Å². The van der Waals surface area contributed by atoms with Gasteiger partial charge >= 0.3 is 5.97 Å². The molecule has 0 spiro atoms. The lowest BCUT2D eigenvalue weighted by atomic mass is 9.94. The maximum absolute atomic E-state index is 10.8. The molecule has 5 heteroatoms. The minimum atomic E-state index is -1.33. The molecule has 0 aromatic carbocycles. The zero-order valence-electron chi connectivity index (χ0n) is 8.77. The van der Waals surface area contributed by atoms with E-state index < -0.39 is 17.5 Å². The minimum Gasteiger partial charge on any atom is -0.479 e. The first-order valence-electron chi connectivity index (χ1n) is 4.89. The third kappa shape index (κ3) is 1.43. The number of aryl methyl sites for hydroxylation is 2. The van der Waals surface area contributed by atoms with E-state index in [2.05, 4.69) is 5.10 Å². The Morgan fingerprint density at radius 2 is 2.27 bits per heavy atom. The van der Waals surface area contributed by atoms with Gasteiger partial charge in [-0.3, -0.25) is 4.68 Å². The summed E-state index contributed by atoms with van der Waals surface area (Å²) in [6.07, 6.45) is 0.0890. The monoisotopic (exact) mass is 210 g/mol. The van der Waals surface area contributed by atoms with Crippen molar-refractivity contribution in [2.45, 2.75) is 31.3 Å². The first kappa shape index (κ1) is 10.2. The fourth-order valence-electron chi connectivity index (χ4n) is 2.12. The molecule has 0 amide bonds. The number of carbonyl (C=O) groups is 1. The van der Waals surface area contributed by atoms with Gasteiger partial charge in [-0.2, -0.15) is 5.10 Å². The molecule has 0 bridgehead atoms. The van der Waals surface area contributed by atoms with Crippen LogP contribution in [0, 0.1) is 6.92 Å². The fourth-order valence-corrected chi connectivity index (χ4v) is 2.12. The zero-order valence-corrected chi connectivity index (χ0v) is 8.77. The van der Waals surface area contributed by atoms with E-state index in [1.807, 2.05) is 13.0 Å². The van der Waals surface area contributed by atoms with E-state index in [1.165, 1.54) is 0 Å². The predicted molar refractivity (Wildman–Crippen MR) is 52.5 cm³/mol. The summed E-state index contributed by atoms with van der Waals surface area (Å²) in [4.78, 5) is 10.8. The Balaban J connectivity index is 2.38.